The van der Waals surface area contributed by atoms with Crippen LogP contribution in [0.15, 0.2) is 12.7 Å². The molecule has 0 radical (unpaired) electrons. The molecule has 0 heterocycles. The van der Waals surface area contributed by atoms with Crippen LogP contribution >= 0.6 is 0 Å². The van der Waals surface area contributed by atoms with Crippen LogP contribution in [0.1, 0.15) is 13.8 Å². The predicted molar refractivity (Wildman–Crippen MR) is 56.3 cm³/mol. The molecule has 0 fully saturated rings. The Morgan fingerprint density at radius 2 is 1.62 bits per heavy atom. The van der Waals surface area contributed by atoms with Crippen molar-refractivity contribution >= 4 is 26.5 Å². The van der Waals surface area contributed by atoms with E-state index >= 15 is 0 Å². The molecule has 0 aromatic heterocycles. The van der Waals surface area contributed by atoms with Gasteiger partial charge in [0.1, 0.15) is 0 Å². The van der Waals surface area contributed by atoms with E-state index in [1.54, 1.807) is 0 Å². The molecule has 0 N–H and O–H groups in total. The van der Waals surface area contributed by atoms with E-state index < -0.39 is 26.5 Å². The first-order chi connectivity index (χ1) is 7.29. The average molecular weight is 246 g/mol. The van der Waals surface area contributed by atoms with Gasteiger partial charge in [-0.2, -0.15) is 0 Å². The van der Waals surface area contributed by atoms with Gasteiger partial charge in [-0.1, -0.05) is 6.58 Å². The molecule has 0 aliphatic heterocycles. The molecule has 0 spiro atoms. The van der Waals surface area contributed by atoms with Gasteiger partial charge >= 0.3 is 14.5 Å². The Kier molecular flexibility index (Phi) is 5.44. The molecular formula is C9H14O6Si. The molecule has 7 heteroatoms. The van der Waals surface area contributed by atoms with E-state index in [-0.39, 0.29) is 6.23 Å². The molecule has 90 valence electrons. The second kappa shape index (κ2) is 6.06. The van der Waals surface area contributed by atoms with Gasteiger partial charge in [-0.25, -0.2) is 4.79 Å². The van der Waals surface area contributed by atoms with E-state index in [0.717, 1.165) is 6.08 Å². The van der Waals surface area contributed by atoms with Crippen molar-refractivity contribution in [2.75, 3.05) is 6.23 Å². The Hall–Kier alpha value is -1.63. The van der Waals surface area contributed by atoms with Crippen molar-refractivity contribution in [1.82, 2.24) is 0 Å². The van der Waals surface area contributed by atoms with E-state index in [9.17, 15) is 14.4 Å². The number of carbonyl (C=O) groups is 3. The Bertz CT molecular complexity index is 295. The fourth-order valence-corrected chi connectivity index (χ4v) is 2.73. The van der Waals surface area contributed by atoms with Gasteiger partial charge in [0.2, 0.25) is 0 Å². The highest BCUT2D eigenvalue weighted by Gasteiger charge is 2.40. The zero-order valence-electron chi connectivity index (χ0n) is 9.44. The lowest BCUT2D eigenvalue weighted by Gasteiger charge is -2.23. The highest BCUT2D eigenvalue weighted by Crippen LogP contribution is 2.09. The molecule has 0 aromatic carbocycles. The van der Waals surface area contributed by atoms with Crippen LogP contribution < -0.4 is 0 Å². The van der Waals surface area contributed by atoms with Gasteiger partial charge in [0.25, 0.3) is 11.9 Å². The standard InChI is InChI=1S/C9H14O6Si/c1-5-9(12)13-6-16(4,14-7(2)10)15-8(3)11/h5H,1,6H2,2-4H3. The van der Waals surface area contributed by atoms with Crippen molar-refractivity contribution in [3.8, 4) is 0 Å². The van der Waals surface area contributed by atoms with Gasteiger partial charge < -0.3 is 13.6 Å². The van der Waals surface area contributed by atoms with Crippen LogP contribution in [0.2, 0.25) is 6.55 Å². The van der Waals surface area contributed by atoms with Crippen LogP contribution in [0.4, 0.5) is 0 Å². The summed E-state index contributed by atoms with van der Waals surface area (Å²) in [7, 11) is -3.14. The minimum Gasteiger partial charge on any atom is -0.483 e. The normalized spacial score (nSPS) is 10.2. The topological polar surface area (TPSA) is 78.9 Å². The third kappa shape index (κ3) is 5.97. The second-order valence-corrected chi connectivity index (χ2v) is 6.10. The molecular weight excluding hydrogens is 232 g/mol. The smallest absolute Gasteiger partial charge is 0.483 e. The van der Waals surface area contributed by atoms with Crippen LogP contribution in [0.5, 0.6) is 0 Å². The summed E-state index contributed by atoms with van der Waals surface area (Å²) < 4.78 is 14.5. The Labute approximate surface area is 94.4 Å². The average Bonchev–Trinajstić information content (AvgIpc) is 2.11. The molecule has 0 bridgehead atoms. The Morgan fingerprint density at radius 3 is 1.94 bits per heavy atom. The first kappa shape index (κ1) is 14.4. The SMILES string of the molecule is C=CC(=O)OC[Si](C)(OC(C)=O)OC(C)=O. The monoisotopic (exact) mass is 246 g/mol. The van der Waals surface area contributed by atoms with Crippen molar-refractivity contribution in [2.24, 2.45) is 0 Å². The third-order valence-corrected chi connectivity index (χ3v) is 3.47. The number of esters is 1. The lowest BCUT2D eigenvalue weighted by atomic mass is 10.7. The van der Waals surface area contributed by atoms with Gasteiger partial charge in [-0.15, -0.1) is 0 Å². The molecule has 0 aromatic rings. The minimum atomic E-state index is -3.14. The van der Waals surface area contributed by atoms with E-state index in [2.05, 4.69) is 6.58 Å². The number of ether oxygens (including phenoxy) is 1. The summed E-state index contributed by atoms with van der Waals surface area (Å²) in [5.74, 6) is -1.85. The summed E-state index contributed by atoms with van der Waals surface area (Å²) in [5.41, 5.74) is 0. The molecule has 0 atom stereocenters. The Morgan fingerprint density at radius 1 is 1.19 bits per heavy atom. The van der Waals surface area contributed by atoms with Gasteiger partial charge in [0.15, 0.2) is 6.23 Å². The largest absolute Gasteiger partial charge is 0.500 e. The second-order valence-electron chi connectivity index (χ2n) is 3.13. The summed E-state index contributed by atoms with van der Waals surface area (Å²) >= 11 is 0. The summed E-state index contributed by atoms with van der Waals surface area (Å²) in [6.07, 6.45) is 0.716. The maximum atomic E-state index is 10.8. The third-order valence-electron chi connectivity index (χ3n) is 1.36. The molecule has 0 aliphatic carbocycles. The number of carbonyl (C=O) groups excluding carboxylic acids is 3. The van der Waals surface area contributed by atoms with Crippen LogP contribution in [0.25, 0.3) is 0 Å². The quantitative estimate of drug-likeness (QED) is 0.398. The van der Waals surface area contributed by atoms with Gasteiger partial charge in [-0.05, 0) is 0 Å². The number of hydrogen-bond acceptors (Lipinski definition) is 6. The first-order valence-electron chi connectivity index (χ1n) is 4.47. The maximum Gasteiger partial charge on any atom is 0.500 e. The fourth-order valence-electron chi connectivity index (χ4n) is 0.949. The Balaban J connectivity index is 4.52. The molecule has 0 saturated heterocycles. The van der Waals surface area contributed by atoms with Crippen molar-refractivity contribution in [3.05, 3.63) is 12.7 Å². The highest BCUT2D eigenvalue weighted by atomic mass is 28.4. The molecule has 0 amide bonds. The van der Waals surface area contributed by atoms with Gasteiger partial charge in [-0.3, -0.25) is 9.59 Å². The maximum absolute atomic E-state index is 10.8. The first-order valence-corrected chi connectivity index (χ1v) is 7.00. The van der Waals surface area contributed by atoms with E-state index in [1.807, 2.05) is 0 Å². The van der Waals surface area contributed by atoms with Crippen molar-refractivity contribution < 1.29 is 28.0 Å². The zero-order chi connectivity index (χ0) is 12.8. The molecule has 0 rings (SSSR count). The molecule has 0 saturated carbocycles. The highest BCUT2D eigenvalue weighted by molar-refractivity contribution is 6.69. The van der Waals surface area contributed by atoms with E-state index in [1.165, 1.54) is 20.4 Å². The van der Waals surface area contributed by atoms with Crippen molar-refractivity contribution in [1.29, 1.82) is 0 Å². The molecule has 6 nitrogen and oxygen atoms in total. The lowest BCUT2D eigenvalue weighted by Crippen LogP contribution is -2.47. The minimum absolute atomic E-state index is 0.253. The zero-order valence-corrected chi connectivity index (χ0v) is 10.4. The van der Waals surface area contributed by atoms with Crippen LogP contribution in [-0.2, 0) is 28.0 Å². The lowest BCUT2D eigenvalue weighted by molar-refractivity contribution is -0.143. The van der Waals surface area contributed by atoms with Gasteiger partial charge in [0.05, 0.1) is 0 Å². The van der Waals surface area contributed by atoms with E-state index in [0.29, 0.717) is 0 Å². The molecule has 0 unspecified atom stereocenters. The van der Waals surface area contributed by atoms with Gasteiger partial charge in [0, 0.05) is 26.5 Å². The summed E-state index contributed by atoms with van der Waals surface area (Å²) in [5, 5.41) is 0. The van der Waals surface area contributed by atoms with Crippen LogP contribution in [0, 0.1) is 0 Å². The summed E-state index contributed by atoms with van der Waals surface area (Å²) in [6.45, 7) is 7.03. The van der Waals surface area contributed by atoms with Crippen molar-refractivity contribution in [3.63, 3.8) is 0 Å². The molecule has 0 aliphatic rings. The molecule has 16 heavy (non-hydrogen) atoms. The summed E-state index contributed by atoms with van der Waals surface area (Å²) in [4.78, 5) is 32.5. The number of rotatable bonds is 5. The predicted octanol–water partition coefficient (Wildman–Crippen LogP) is 0.453. The number of hydrogen-bond donors (Lipinski definition) is 0. The summed E-state index contributed by atoms with van der Waals surface area (Å²) in [6, 6.07) is 0. The van der Waals surface area contributed by atoms with E-state index in [4.69, 9.17) is 13.6 Å². The van der Waals surface area contributed by atoms with Crippen molar-refractivity contribution in [2.45, 2.75) is 20.4 Å². The fraction of sp³-hybridized carbons (Fsp3) is 0.444. The van der Waals surface area contributed by atoms with Crippen LogP contribution in [0.3, 0.4) is 0 Å². The van der Waals surface area contributed by atoms with Crippen LogP contribution in [-0.4, -0.2) is 32.7 Å².